The van der Waals surface area contributed by atoms with E-state index in [1.807, 2.05) is 0 Å². The Morgan fingerprint density at radius 3 is 2.63 bits per heavy atom. The Bertz CT molecular complexity index is 627. The quantitative estimate of drug-likeness (QED) is 0.695. The van der Waals surface area contributed by atoms with Crippen molar-refractivity contribution in [3.8, 4) is 0 Å². The van der Waals surface area contributed by atoms with Crippen LogP contribution in [-0.2, 0) is 4.79 Å². The second-order valence-corrected chi connectivity index (χ2v) is 4.84. The highest BCUT2D eigenvalue weighted by Crippen LogP contribution is 2.26. The number of alkyl halides is 1. The van der Waals surface area contributed by atoms with Crippen LogP contribution >= 0.6 is 22.9 Å². The zero-order valence-electron chi connectivity index (χ0n) is 9.65. The zero-order chi connectivity index (χ0) is 13.8. The molecule has 2 rings (SSSR count). The van der Waals surface area contributed by atoms with Gasteiger partial charge in [-0.3, -0.25) is 9.59 Å². The highest BCUT2D eigenvalue weighted by Gasteiger charge is 2.18. The highest BCUT2D eigenvalue weighted by molar-refractivity contribution is 7.14. The lowest BCUT2D eigenvalue weighted by Gasteiger charge is -2.05. The number of thiophene rings is 1. The molecule has 0 fully saturated rings. The summed E-state index contributed by atoms with van der Waals surface area (Å²) in [5.74, 6) is -1.67. The minimum absolute atomic E-state index is 0.0257. The molecule has 98 valence electrons. The molecule has 0 spiro atoms. The second-order valence-electron chi connectivity index (χ2n) is 3.65. The summed E-state index contributed by atoms with van der Waals surface area (Å²) in [6, 6.07) is 7.26. The SMILES string of the molecule is O=C(CCl)Nc1sccc1C(=O)c1ccccc1F. The Labute approximate surface area is 118 Å². The molecule has 0 unspecified atom stereocenters. The van der Waals surface area contributed by atoms with E-state index in [9.17, 15) is 14.0 Å². The van der Waals surface area contributed by atoms with Crippen LogP contribution in [-0.4, -0.2) is 17.6 Å². The van der Waals surface area contributed by atoms with Gasteiger partial charge in [-0.05, 0) is 23.6 Å². The Balaban J connectivity index is 2.33. The molecule has 0 bridgehead atoms. The van der Waals surface area contributed by atoms with Crippen LogP contribution in [0.15, 0.2) is 35.7 Å². The summed E-state index contributed by atoms with van der Waals surface area (Å²) in [6.45, 7) is 0. The minimum atomic E-state index is -0.590. The number of amides is 1. The van der Waals surface area contributed by atoms with Crippen LogP contribution in [0.25, 0.3) is 0 Å². The molecule has 0 radical (unpaired) electrons. The number of rotatable bonds is 4. The van der Waals surface area contributed by atoms with E-state index in [-0.39, 0.29) is 17.0 Å². The van der Waals surface area contributed by atoms with E-state index in [2.05, 4.69) is 5.32 Å². The van der Waals surface area contributed by atoms with Gasteiger partial charge >= 0.3 is 0 Å². The predicted molar refractivity (Wildman–Crippen MR) is 73.5 cm³/mol. The summed E-state index contributed by atoms with van der Waals surface area (Å²) in [7, 11) is 0. The van der Waals surface area contributed by atoms with Gasteiger partial charge in [0.2, 0.25) is 5.91 Å². The van der Waals surface area contributed by atoms with Crippen molar-refractivity contribution in [3.63, 3.8) is 0 Å². The number of anilines is 1. The van der Waals surface area contributed by atoms with Gasteiger partial charge in [-0.2, -0.15) is 0 Å². The molecule has 3 nitrogen and oxygen atoms in total. The number of ketones is 1. The van der Waals surface area contributed by atoms with Gasteiger partial charge in [-0.25, -0.2) is 4.39 Å². The predicted octanol–water partition coefficient (Wildman–Crippen LogP) is 3.30. The molecule has 1 aromatic heterocycles. The van der Waals surface area contributed by atoms with E-state index in [1.54, 1.807) is 17.5 Å². The van der Waals surface area contributed by atoms with E-state index in [0.717, 1.165) is 0 Å². The third-order valence-corrected chi connectivity index (χ3v) is 3.48. The maximum Gasteiger partial charge on any atom is 0.239 e. The van der Waals surface area contributed by atoms with Gasteiger partial charge < -0.3 is 5.32 Å². The smallest absolute Gasteiger partial charge is 0.239 e. The first-order valence-corrected chi connectivity index (χ1v) is 6.77. The fourth-order valence-electron chi connectivity index (χ4n) is 1.54. The van der Waals surface area contributed by atoms with Gasteiger partial charge in [0.05, 0.1) is 11.1 Å². The number of benzene rings is 1. The van der Waals surface area contributed by atoms with Gasteiger partial charge in [-0.15, -0.1) is 22.9 Å². The van der Waals surface area contributed by atoms with E-state index >= 15 is 0 Å². The van der Waals surface area contributed by atoms with Gasteiger partial charge in [0.15, 0.2) is 5.78 Å². The first-order valence-electron chi connectivity index (χ1n) is 5.36. The van der Waals surface area contributed by atoms with Crippen molar-refractivity contribution in [1.29, 1.82) is 0 Å². The topological polar surface area (TPSA) is 46.2 Å². The molecule has 0 atom stereocenters. The fraction of sp³-hybridized carbons (Fsp3) is 0.0769. The van der Waals surface area contributed by atoms with E-state index in [1.165, 1.54) is 29.5 Å². The van der Waals surface area contributed by atoms with Gasteiger partial charge in [0, 0.05) is 0 Å². The van der Waals surface area contributed by atoms with Crippen molar-refractivity contribution in [1.82, 2.24) is 0 Å². The Kier molecular flexibility index (Phi) is 4.29. The lowest BCUT2D eigenvalue weighted by Crippen LogP contribution is -2.14. The molecular weight excluding hydrogens is 289 g/mol. The van der Waals surface area contributed by atoms with E-state index < -0.39 is 17.5 Å². The van der Waals surface area contributed by atoms with Crippen molar-refractivity contribution in [3.05, 3.63) is 52.7 Å². The summed E-state index contributed by atoms with van der Waals surface area (Å²) in [6.07, 6.45) is 0. The van der Waals surface area contributed by atoms with E-state index in [4.69, 9.17) is 11.6 Å². The maximum atomic E-state index is 13.6. The summed E-state index contributed by atoms with van der Waals surface area (Å²) >= 11 is 6.58. The Morgan fingerprint density at radius 1 is 1.21 bits per heavy atom. The third kappa shape index (κ3) is 3.00. The number of halogens is 2. The average molecular weight is 298 g/mol. The highest BCUT2D eigenvalue weighted by atomic mass is 35.5. The summed E-state index contributed by atoms with van der Waals surface area (Å²) in [4.78, 5) is 23.4. The second kappa shape index (κ2) is 5.95. The van der Waals surface area contributed by atoms with Crippen LogP contribution in [0.2, 0.25) is 0 Å². The molecule has 6 heteroatoms. The fourth-order valence-corrected chi connectivity index (χ4v) is 2.40. The van der Waals surface area contributed by atoms with Crippen LogP contribution in [0, 0.1) is 5.82 Å². The summed E-state index contributed by atoms with van der Waals surface area (Å²) < 4.78 is 13.6. The average Bonchev–Trinajstić information content (AvgIpc) is 2.86. The monoisotopic (exact) mass is 297 g/mol. The first-order chi connectivity index (χ1) is 9.13. The molecule has 0 aliphatic carbocycles. The molecule has 1 amide bonds. The van der Waals surface area contributed by atoms with Crippen LogP contribution in [0.5, 0.6) is 0 Å². The van der Waals surface area contributed by atoms with Crippen LogP contribution < -0.4 is 5.32 Å². The Hall–Kier alpha value is -1.72. The zero-order valence-corrected chi connectivity index (χ0v) is 11.2. The lowest BCUT2D eigenvalue weighted by atomic mass is 10.1. The largest absolute Gasteiger partial charge is 0.316 e. The first kappa shape index (κ1) is 13.7. The van der Waals surface area contributed by atoms with Gasteiger partial charge in [0.1, 0.15) is 16.7 Å². The molecule has 0 aliphatic heterocycles. The molecule has 1 N–H and O–H groups in total. The Morgan fingerprint density at radius 2 is 1.95 bits per heavy atom. The standard InChI is InChI=1S/C13H9ClFNO2S/c14-7-11(17)16-13-9(5-6-19-13)12(18)8-3-1-2-4-10(8)15/h1-6H,7H2,(H,16,17). The number of hydrogen-bond donors (Lipinski definition) is 1. The van der Waals surface area contributed by atoms with Crippen molar-refractivity contribution in [2.75, 3.05) is 11.2 Å². The normalized spacial score (nSPS) is 10.2. The summed E-state index contributed by atoms with van der Waals surface area (Å²) in [5.41, 5.74) is 0.232. The number of carbonyl (C=O) groups is 2. The molecular formula is C13H9ClFNO2S. The maximum absolute atomic E-state index is 13.6. The minimum Gasteiger partial charge on any atom is -0.316 e. The van der Waals surface area contributed by atoms with Crippen molar-refractivity contribution in [2.24, 2.45) is 0 Å². The van der Waals surface area contributed by atoms with Crippen LogP contribution in [0.3, 0.4) is 0 Å². The molecule has 2 aromatic rings. The van der Waals surface area contributed by atoms with Crippen molar-refractivity contribution in [2.45, 2.75) is 0 Å². The molecule has 0 saturated carbocycles. The number of nitrogens with one attached hydrogen (secondary N) is 1. The number of hydrogen-bond acceptors (Lipinski definition) is 3. The van der Waals surface area contributed by atoms with Crippen LogP contribution in [0.4, 0.5) is 9.39 Å². The van der Waals surface area contributed by atoms with Crippen molar-refractivity contribution >= 4 is 39.6 Å². The molecule has 19 heavy (non-hydrogen) atoms. The molecule has 1 heterocycles. The number of carbonyl (C=O) groups excluding carboxylic acids is 2. The third-order valence-electron chi connectivity index (χ3n) is 2.40. The van der Waals surface area contributed by atoms with Gasteiger partial charge in [-0.1, -0.05) is 12.1 Å². The molecule has 1 aromatic carbocycles. The van der Waals surface area contributed by atoms with E-state index in [0.29, 0.717) is 5.00 Å². The molecule has 0 aliphatic rings. The molecule has 0 saturated heterocycles. The van der Waals surface area contributed by atoms with Crippen LogP contribution in [0.1, 0.15) is 15.9 Å². The lowest BCUT2D eigenvalue weighted by molar-refractivity contribution is -0.113. The van der Waals surface area contributed by atoms with Crippen molar-refractivity contribution < 1.29 is 14.0 Å². The summed E-state index contributed by atoms with van der Waals surface area (Å²) in [5, 5.41) is 4.54. The van der Waals surface area contributed by atoms with Gasteiger partial charge in [0.25, 0.3) is 0 Å².